The van der Waals surface area contributed by atoms with Crippen LogP contribution in [-0.4, -0.2) is 49.2 Å². The van der Waals surface area contributed by atoms with Crippen molar-refractivity contribution in [3.63, 3.8) is 0 Å². The van der Waals surface area contributed by atoms with E-state index in [0.717, 1.165) is 17.2 Å². The summed E-state index contributed by atoms with van der Waals surface area (Å²) in [5.74, 6) is 0.736. The van der Waals surface area contributed by atoms with E-state index in [0.29, 0.717) is 12.1 Å². The lowest BCUT2D eigenvalue weighted by Gasteiger charge is -2.15. The largest absolute Gasteiger partial charge is 0.483 e. The molecule has 0 saturated carbocycles. The molecule has 1 amide bonds. The molecule has 0 aliphatic heterocycles. The second-order valence-corrected chi connectivity index (χ2v) is 4.55. The minimum atomic E-state index is -0.250. The van der Waals surface area contributed by atoms with Crippen molar-refractivity contribution in [2.75, 3.05) is 7.05 Å². The van der Waals surface area contributed by atoms with Gasteiger partial charge >= 0.3 is 0 Å². The van der Waals surface area contributed by atoms with Crippen LogP contribution >= 0.6 is 0 Å². The molecule has 8 nitrogen and oxygen atoms in total. The standard InChI is InChI=1S/C12H17N5O.CH2O2/c1-8-5-13-11(15-8)7-16(3)12(18)10-6-14-17(4)9(10)2;2-1-3/h5-6H,7H2,1-4H3,(H,13,15);1H,(H,2,3). The molecule has 8 heteroatoms. The third kappa shape index (κ3) is 4.16. The molecule has 0 bridgehead atoms. The molecule has 0 radical (unpaired) electrons. The third-order valence-electron chi connectivity index (χ3n) is 2.95. The zero-order valence-corrected chi connectivity index (χ0v) is 12.5. The number of carbonyl (C=O) groups excluding carboxylic acids is 1. The number of amides is 1. The minimum absolute atomic E-state index is 0.0466. The van der Waals surface area contributed by atoms with E-state index in [2.05, 4.69) is 15.1 Å². The van der Waals surface area contributed by atoms with Gasteiger partial charge in [-0.3, -0.25) is 14.3 Å². The molecule has 0 aromatic carbocycles. The van der Waals surface area contributed by atoms with Gasteiger partial charge in [0, 0.05) is 31.7 Å². The molecular weight excluding hydrogens is 274 g/mol. The summed E-state index contributed by atoms with van der Waals surface area (Å²) in [4.78, 5) is 29.5. The number of nitrogens with one attached hydrogen (secondary N) is 1. The number of imidazole rings is 1. The van der Waals surface area contributed by atoms with Gasteiger partial charge in [-0.05, 0) is 13.8 Å². The summed E-state index contributed by atoms with van der Waals surface area (Å²) < 4.78 is 1.69. The zero-order chi connectivity index (χ0) is 16.0. The molecule has 2 N–H and O–H groups in total. The molecule has 2 aromatic heterocycles. The van der Waals surface area contributed by atoms with Crippen molar-refractivity contribution in [2.24, 2.45) is 7.05 Å². The Balaban J connectivity index is 0.000000677. The summed E-state index contributed by atoms with van der Waals surface area (Å²) in [6.45, 7) is 4.02. The van der Waals surface area contributed by atoms with E-state index < -0.39 is 0 Å². The van der Waals surface area contributed by atoms with Gasteiger partial charge in [0.25, 0.3) is 12.4 Å². The van der Waals surface area contributed by atoms with Gasteiger partial charge in [-0.2, -0.15) is 5.10 Å². The summed E-state index contributed by atoms with van der Waals surface area (Å²) in [5.41, 5.74) is 2.48. The van der Waals surface area contributed by atoms with Gasteiger partial charge in [-0.15, -0.1) is 0 Å². The average Bonchev–Trinajstić information content (AvgIpc) is 2.97. The van der Waals surface area contributed by atoms with E-state index in [1.165, 1.54) is 0 Å². The number of hydrogen-bond donors (Lipinski definition) is 2. The summed E-state index contributed by atoms with van der Waals surface area (Å²) >= 11 is 0. The minimum Gasteiger partial charge on any atom is -0.483 e. The monoisotopic (exact) mass is 293 g/mol. The molecule has 0 aliphatic carbocycles. The topological polar surface area (TPSA) is 104 Å². The van der Waals surface area contributed by atoms with Crippen LogP contribution in [0.25, 0.3) is 0 Å². The number of rotatable bonds is 3. The smallest absolute Gasteiger partial charge is 0.290 e. The molecule has 0 unspecified atom stereocenters. The number of carbonyl (C=O) groups is 2. The van der Waals surface area contributed by atoms with E-state index >= 15 is 0 Å². The van der Waals surface area contributed by atoms with Crippen molar-refractivity contribution < 1.29 is 14.7 Å². The summed E-state index contributed by atoms with van der Waals surface area (Å²) in [6.07, 6.45) is 3.35. The van der Waals surface area contributed by atoms with Gasteiger partial charge in [-0.1, -0.05) is 0 Å². The fourth-order valence-electron chi connectivity index (χ4n) is 1.76. The Morgan fingerprint density at radius 3 is 2.52 bits per heavy atom. The molecule has 2 rings (SSSR count). The lowest BCUT2D eigenvalue weighted by Crippen LogP contribution is -2.27. The number of aromatic amines is 1. The number of aromatic nitrogens is 4. The summed E-state index contributed by atoms with van der Waals surface area (Å²) in [7, 11) is 3.58. The Bertz CT molecular complexity index is 617. The van der Waals surface area contributed by atoms with Gasteiger partial charge in [0.15, 0.2) is 0 Å². The predicted molar refractivity (Wildman–Crippen MR) is 75.8 cm³/mol. The van der Waals surface area contributed by atoms with E-state index in [4.69, 9.17) is 9.90 Å². The van der Waals surface area contributed by atoms with E-state index in [9.17, 15) is 4.79 Å². The molecule has 21 heavy (non-hydrogen) atoms. The first-order chi connectivity index (χ1) is 9.90. The highest BCUT2D eigenvalue weighted by Crippen LogP contribution is 2.10. The highest BCUT2D eigenvalue weighted by atomic mass is 16.3. The Labute approximate surface area is 122 Å². The van der Waals surface area contributed by atoms with Crippen LogP contribution in [0.15, 0.2) is 12.4 Å². The van der Waals surface area contributed by atoms with Crippen LogP contribution in [0.5, 0.6) is 0 Å². The molecule has 2 heterocycles. The molecular formula is C13H19N5O3. The first-order valence-electron chi connectivity index (χ1n) is 6.23. The number of nitrogens with zero attached hydrogens (tertiary/aromatic N) is 4. The highest BCUT2D eigenvalue weighted by molar-refractivity contribution is 5.94. The lowest BCUT2D eigenvalue weighted by molar-refractivity contribution is -0.122. The van der Waals surface area contributed by atoms with Crippen LogP contribution in [0, 0.1) is 13.8 Å². The summed E-state index contributed by atoms with van der Waals surface area (Å²) in [5, 5.41) is 11.0. The van der Waals surface area contributed by atoms with Crippen LogP contribution in [0.3, 0.4) is 0 Å². The van der Waals surface area contributed by atoms with Crippen LogP contribution in [-0.2, 0) is 18.4 Å². The Hall–Kier alpha value is -2.64. The van der Waals surface area contributed by atoms with E-state index in [-0.39, 0.29) is 12.4 Å². The molecule has 0 spiro atoms. The first kappa shape index (κ1) is 16.4. The third-order valence-corrected chi connectivity index (χ3v) is 2.95. The van der Waals surface area contributed by atoms with Gasteiger partial charge in [-0.25, -0.2) is 4.98 Å². The predicted octanol–water partition coefficient (Wildman–Crippen LogP) is 0.733. The van der Waals surface area contributed by atoms with Gasteiger partial charge in [0.1, 0.15) is 5.82 Å². The number of H-pyrrole nitrogens is 1. The average molecular weight is 293 g/mol. The summed E-state index contributed by atoms with van der Waals surface area (Å²) in [6, 6.07) is 0. The molecule has 0 atom stereocenters. The Morgan fingerprint density at radius 1 is 1.48 bits per heavy atom. The quantitative estimate of drug-likeness (QED) is 0.812. The SMILES string of the molecule is Cc1cnc(CN(C)C(=O)c2cnn(C)c2C)[nH]1.O=CO. The Morgan fingerprint density at radius 2 is 2.10 bits per heavy atom. The number of aryl methyl sites for hydroxylation is 2. The van der Waals surface area contributed by atoms with E-state index in [1.807, 2.05) is 20.9 Å². The van der Waals surface area contributed by atoms with Crippen molar-refractivity contribution in [1.29, 1.82) is 0 Å². The van der Waals surface area contributed by atoms with Crippen molar-refractivity contribution in [3.8, 4) is 0 Å². The molecule has 0 fully saturated rings. The highest BCUT2D eigenvalue weighted by Gasteiger charge is 2.17. The second kappa shape index (κ2) is 7.22. The van der Waals surface area contributed by atoms with Crippen LogP contribution in [0.4, 0.5) is 0 Å². The van der Waals surface area contributed by atoms with Crippen molar-refractivity contribution >= 4 is 12.4 Å². The maximum absolute atomic E-state index is 12.2. The lowest BCUT2D eigenvalue weighted by atomic mass is 10.2. The maximum Gasteiger partial charge on any atom is 0.290 e. The molecule has 114 valence electrons. The van der Waals surface area contributed by atoms with Crippen molar-refractivity contribution in [3.05, 3.63) is 35.2 Å². The van der Waals surface area contributed by atoms with Crippen LogP contribution < -0.4 is 0 Å². The van der Waals surface area contributed by atoms with Gasteiger partial charge in [0.2, 0.25) is 0 Å². The van der Waals surface area contributed by atoms with Crippen molar-refractivity contribution in [2.45, 2.75) is 20.4 Å². The maximum atomic E-state index is 12.2. The fourth-order valence-corrected chi connectivity index (χ4v) is 1.76. The number of hydrogen-bond acceptors (Lipinski definition) is 4. The normalized spacial score (nSPS) is 9.71. The molecule has 0 saturated heterocycles. The second-order valence-electron chi connectivity index (χ2n) is 4.55. The number of carboxylic acid groups (broad SMARTS) is 1. The first-order valence-corrected chi connectivity index (χ1v) is 6.23. The van der Waals surface area contributed by atoms with Crippen LogP contribution in [0.1, 0.15) is 27.6 Å². The van der Waals surface area contributed by atoms with Gasteiger partial charge < -0.3 is 15.0 Å². The molecule has 2 aromatic rings. The van der Waals surface area contributed by atoms with E-state index in [1.54, 1.807) is 29.0 Å². The van der Waals surface area contributed by atoms with Gasteiger partial charge in [0.05, 0.1) is 18.3 Å². The zero-order valence-electron chi connectivity index (χ0n) is 12.5. The van der Waals surface area contributed by atoms with Crippen molar-refractivity contribution in [1.82, 2.24) is 24.6 Å². The Kier molecular flexibility index (Phi) is 5.65. The fraction of sp³-hybridized carbons (Fsp3) is 0.385. The molecule has 0 aliphatic rings. The van der Waals surface area contributed by atoms with Crippen LogP contribution in [0.2, 0.25) is 0 Å².